The molecular formula is C78H48F12N6. The molecule has 11 aromatic carbocycles. The fourth-order valence-electron chi connectivity index (χ4n) is 14.6. The Kier molecular flexibility index (Phi) is 13.4. The first-order valence-electron chi connectivity index (χ1n) is 30.3. The molecule has 4 heterocycles. The second-order valence-corrected chi connectivity index (χ2v) is 25.1. The highest BCUT2D eigenvalue weighted by atomic mass is 19.4. The molecule has 0 atom stereocenters. The zero-order chi connectivity index (χ0) is 67.5. The number of halogens is 12. The van der Waals surface area contributed by atoms with E-state index in [4.69, 9.17) is 0 Å². The lowest BCUT2D eigenvalue weighted by Gasteiger charge is -2.42. The molecule has 13 aromatic rings. The van der Waals surface area contributed by atoms with Crippen LogP contribution in [0.4, 0.5) is 86.8 Å². The van der Waals surface area contributed by atoms with Gasteiger partial charge in [-0.3, -0.25) is 0 Å². The van der Waals surface area contributed by atoms with Gasteiger partial charge >= 0.3 is 24.7 Å². The average molecular weight is 1300 g/mol. The Morgan fingerprint density at radius 1 is 0.312 bits per heavy atom. The summed E-state index contributed by atoms with van der Waals surface area (Å²) in [5.74, 6) is 0. The van der Waals surface area contributed by atoms with Crippen LogP contribution in [0.1, 0.15) is 83.3 Å². The van der Waals surface area contributed by atoms with Crippen molar-refractivity contribution in [1.82, 2.24) is 9.13 Å². The number of fused-ring (bicyclic) bond motifs is 10. The van der Waals surface area contributed by atoms with Crippen LogP contribution in [0.15, 0.2) is 218 Å². The van der Waals surface area contributed by atoms with E-state index in [0.29, 0.717) is 34.6 Å². The first kappa shape index (κ1) is 61.0. The number of alkyl halides is 12. The lowest BCUT2D eigenvalue weighted by molar-refractivity contribution is -0.138. The van der Waals surface area contributed by atoms with Crippen LogP contribution in [0.2, 0.25) is 0 Å². The van der Waals surface area contributed by atoms with Gasteiger partial charge < -0.3 is 18.9 Å². The normalized spacial score (nSPS) is 14.4. The Morgan fingerprint density at radius 2 is 0.604 bits per heavy atom. The summed E-state index contributed by atoms with van der Waals surface area (Å²) in [7, 11) is 0. The Balaban J connectivity index is 1.18. The van der Waals surface area contributed by atoms with E-state index in [2.05, 4.69) is 21.9 Å². The van der Waals surface area contributed by atoms with E-state index < -0.39 is 68.9 Å². The van der Waals surface area contributed by atoms with Gasteiger partial charge in [0.15, 0.2) is 0 Å². The number of para-hydroxylation sites is 4. The summed E-state index contributed by atoms with van der Waals surface area (Å²) in [6.45, 7) is 7.98. The van der Waals surface area contributed by atoms with Crippen LogP contribution < -0.4 is 9.80 Å². The van der Waals surface area contributed by atoms with Gasteiger partial charge in [-0.05, 0) is 167 Å². The van der Waals surface area contributed by atoms with Gasteiger partial charge in [0.2, 0.25) is 0 Å². The zero-order valence-electron chi connectivity index (χ0n) is 51.0. The largest absolute Gasteiger partial charge is 0.416 e. The van der Waals surface area contributed by atoms with Crippen molar-refractivity contribution in [2.45, 2.75) is 63.2 Å². The number of nitriles is 2. The Hall–Kier alpha value is -11.2. The van der Waals surface area contributed by atoms with Crippen molar-refractivity contribution in [1.29, 1.82) is 10.5 Å². The minimum absolute atomic E-state index is 0.0640. The van der Waals surface area contributed by atoms with Crippen LogP contribution in [0.25, 0.3) is 77.2 Å². The second kappa shape index (κ2) is 21.1. The number of benzene rings is 11. The molecule has 2 aliphatic heterocycles. The number of rotatable bonds is 6. The Bertz CT molecular complexity index is 5190. The fourth-order valence-corrected chi connectivity index (χ4v) is 14.6. The number of hydrogen-bond donors (Lipinski definition) is 0. The van der Waals surface area contributed by atoms with E-state index in [1.54, 1.807) is 12.1 Å². The third-order valence-electron chi connectivity index (χ3n) is 19.0. The Morgan fingerprint density at radius 3 is 0.917 bits per heavy atom. The van der Waals surface area contributed by atoms with Gasteiger partial charge in [0.1, 0.15) is 12.1 Å². The molecule has 0 N–H and O–H groups in total. The highest BCUT2D eigenvalue weighted by Gasteiger charge is 2.43. The molecule has 15 rings (SSSR count). The first-order chi connectivity index (χ1) is 45.6. The van der Waals surface area contributed by atoms with E-state index >= 15 is 26.3 Å². The number of anilines is 6. The van der Waals surface area contributed by atoms with Crippen molar-refractivity contribution in [2.24, 2.45) is 0 Å². The van der Waals surface area contributed by atoms with Crippen molar-refractivity contribution in [3.05, 3.63) is 274 Å². The molecule has 0 bridgehead atoms. The van der Waals surface area contributed by atoms with Crippen LogP contribution in [-0.4, -0.2) is 9.13 Å². The average Bonchev–Trinajstić information content (AvgIpc) is 1.37. The molecule has 0 saturated carbocycles. The summed E-state index contributed by atoms with van der Waals surface area (Å²) in [6, 6.07) is 60.1. The molecule has 0 spiro atoms. The maximum Gasteiger partial charge on any atom is 0.416 e. The molecule has 0 radical (unpaired) electrons. The summed E-state index contributed by atoms with van der Waals surface area (Å²) in [5.41, 5.74) is -0.519. The number of hydrogen-bond acceptors (Lipinski definition) is 4. The topological polar surface area (TPSA) is 63.9 Å². The van der Waals surface area contributed by atoms with Gasteiger partial charge in [-0.15, -0.1) is 0 Å². The van der Waals surface area contributed by atoms with Gasteiger partial charge in [0.05, 0.1) is 89.6 Å². The van der Waals surface area contributed by atoms with E-state index in [1.165, 1.54) is 9.13 Å². The zero-order valence-corrected chi connectivity index (χ0v) is 51.0. The van der Waals surface area contributed by atoms with Gasteiger partial charge in [-0.25, -0.2) is 0 Å². The molecule has 18 heteroatoms. The van der Waals surface area contributed by atoms with Crippen LogP contribution in [-0.2, 0) is 35.5 Å². The molecule has 474 valence electrons. The highest BCUT2D eigenvalue weighted by Crippen LogP contribution is 2.58. The van der Waals surface area contributed by atoms with Crippen LogP contribution >= 0.6 is 0 Å². The van der Waals surface area contributed by atoms with E-state index in [0.717, 1.165) is 94.5 Å². The van der Waals surface area contributed by atoms with Crippen LogP contribution in [0.5, 0.6) is 0 Å². The highest BCUT2D eigenvalue weighted by molar-refractivity contribution is 6.14. The van der Waals surface area contributed by atoms with Crippen molar-refractivity contribution < 1.29 is 52.7 Å². The molecule has 0 amide bonds. The lowest BCUT2D eigenvalue weighted by Crippen LogP contribution is -2.30. The third kappa shape index (κ3) is 9.23. The van der Waals surface area contributed by atoms with Crippen molar-refractivity contribution in [2.75, 3.05) is 9.80 Å². The summed E-state index contributed by atoms with van der Waals surface area (Å²) >= 11 is 0. The van der Waals surface area contributed by atoms with Gasteiger partial charge in [-0.1, -0.05) is 113 Å². The Labute approximate surface area is 540 Å². The van der Waals surface area contributed by atoms with E-state index in [-0.39, 0.29) is 77.2 Å². The number of aromatic nitrogens is 2. The molecule has 96 heavy (non-hydrogen) atoms. The SMILES string of the molecule is CC1(C)c2ccccc2N(c2ccccc2)c2ccc(-c3c(C#N)c(-n4c5ccc(C(F)(F)F)cc5c5cc(C(F)(F)F)ccc54)c(C#N)c(-c4ccc5c(c4)C(C)(C)c4ccccc4N5c4ccccc4)c3-n3c4ccc(C(F)(F)F)cc4c4cc(C(F)(F)F)ccc43)cc21. The molecule has 0 saturated heterocycles. The van der Waals surface area contributed by atoms with E-state index in [1.807, 2.05) is 161 Å². The smallest absolute Gasteiger partial charge is 0.310 e. The standard InChI is InChI=1S/C78H48F12N6/c1-73(2)57-19-11-13-21-65(57)93(49-15-7-5-8-16-49)67-29-23-43(35-59(67)73)69-55(41-91)71(95-61-31-25-45(75(79,80)81)37-51(61)52-38-46(76(82,83)84)26-32-62(52)95)56(42-92)70(44-24-30-68-60(36-44)74(3,4)58-20-12-14-22-66(58)94(68)50-17-9-6-10-18-50)72(69)96-63-33-27-47(77(85,86)87)39-53(63)54-40-48(78(88,89)90)28-34-64(54)96/h5-40H,1-4H3. The van der Waals surface area contributed by atoms with Crippen molar-refractivity contribution in [3.63, 3.8) is 0 Å². The summed E-state index contributed by atoms with van der Waals surface area (Å²) in [5, 5.41) is 23.7. The molecule has 2 aromatic heterocycles. The summed E-state index contributed by atoms with van der Waals surface area (Å²) in [4.78, 5) is 4.11. The molecule has 0 aliphatic carbocycles. The minimum Gasteiger partial charge on any atom is -0.310 e. The quantitative estimate of drug-likeness (QED) is 0.156. The molecule has 2 aliphatic rings. The maximum atomic E-state index is 15.1. The summed E-state index contributed by atoms with van der Waals surface area (Å²) < 4.78 is 183. The monoisotopic (exact) mass is 1300 g/mol. The fraction of sp³-hybridized carbons (Fsp3) is 0.128. The van der Waals surface area contributed by atoms with E-state index in [9.17, 15) is 36.9 Å². The van der Waals surface area contributed by atoms with Gasteiger partial charge in [0.25, 0.3) is 0 Å². The minimum atomic E-state index is -5.02. The first-order valence-corrected chi connectivity index (χ1v) is 30.3. The maximum absolute atomic E-state index is 15.1. The summed E-state index contributed by atoms with van der Waals surface area (Å²) in [6.07, 6.45) is -20.1. The second-order valence-electron chi connectivity index (χ2n) is 25.1. The van der Waals surface area contributed by atoms with Gasteiger partial charge in [0, 0.05) is 54.9 Å². The van der Waals surface area contributed by atoms with Crippen LogP contribution in [0, 0.1) is 22.7 Å². The molecular weight excluding hydrogens is 1250 g/mol. The third-order valence-corrected chi connectivity index (χ3v) is 19.0. The van der Waals surface area contributed by atoms with Gasteiger partial charge in [-0.2, -0.15) is 63.2 Å². The molecule has 0 fully saturated rings. The van der Waals surface area contributed by atoms with Crippen LogP contribution in [0.3, 0.4) is 0 Å². The van der Waals surface area contributed by atoms with Crippen molar-refractivity contribution in [3.8, 4) is 45.8 Å². The lowest BCUT2D eigenvalue weighted by atomic mass is 9.72. The molecule has 0 unspecified atom stereocenters. The molecule has 6 nitrogen and oxygen atoms in total. The number of nitrogens with zero attached hydrogens (tertiary/aromatic N) is 6. The van der Waals surface area contributed by atoms with Crippen molar-refractivity contribution >= 4 is 77.7 Å². The predicted octanol–water partition coefficient (Wildman–Crippen LogP) is 23.3. The predicted molar refractivity (Wildman–Crippen MR) is 349 cm³/mol.